The Morgan fingerprint density at radius 3 is 2.33 bits per heavy atom. The molecule has 2 N–H and O–H groups in total. The number of hydrogen-bond donors (Lipinski definition) is 2. The van der Waals surface area contributed by atoms with Crippen LogP contribution in [0, 0.1) is 0 Å². The normalized spacial score (nSPS) is 14.8. The topological polar surface area (TPSA) is 104 Å². The Bertz CT molecular complexity index is 786. The maximum absolute atomic E-state index is 11.5. The summed E-state index contributed by atoms with van der Waals surface area (Å²) >= 11 is 0. The first-order valence-corrected chi connectivity index (χ1v) is 6.05. The predicted molar refractivity (Wildman–Crippen MR) is 72.7 cm³/mol. The van der Waals surface area contributed by atoms with Gasteiger partial charge in [-0.15, -0.1) is 0 Å². The molecule has 1 heterocycles. The fourth-order valence-electron chi connectivity index (χ4n) is 1.98. The molecule has 6 nitrogen and oxygen atoms in total. The monoisotopic (exact) mass is 285 g/mol. The zero-order valence-electron chi connectivity index (χ0n) is 10.8. The summed E-state index contributed by atoms with van der Waals surface area (Å²) in [4.78, 5) is 34.9. The van der Waals surface area contributed by atoms with E-state index in [0.717, 1.165) is 21.8 Å². The van der Waals surface area contributed by atoms with Crippen molar-refractivity contribution >= 4 is 23.3 Å². The van der Waals surface area contributed by atoms with E-state index in [9.17, 15) is 14.4 Å². The fraction of sp³-hybridized carbons (Fsp3) is 0.0667. The highest BCUT2D eigenvalue weighted by molar-refractivity contribution is 6.23. The van der Waals surface area contributed by atoms with Crippen LogP contribution in [0.25, 0.3) is 5.57 Å². The Hall–Kier alpha value is -3.02. The third-order valence-corrected chi connectivity index (χ3v) is 2.80. The Labute approximate surface area is 119 Å². The van der Waals surface area contributed by atoms with Crippen molar-refractivity contribution in [3.63, 3.8) is 0 Å². The molecular formula is C15H11NO5. The minimum absolute atomic E-state index is 0.198. The lowest BCUT2D eigenvalue weighted by Crippen LogP contribution is -2.23. The van der Waals surface area contributed by atoms with E-state index in [1.165, 1.54) is 0 Å². The largest absolute Gasteiger partial charge is 0.478 e. The second-order valence-electron chi connectivity index (χ2n) is 4.23. The number of carboxylic acid groups (broad SMARTS) is 2. The number of hydrogen-bond acceptors (Lipinski definition) is 4. The Morgan fingerprint density at radius 2 is 1.71 bits per heavy atom. The van der Waals surface area contributed by atoms with Gasteiger partial charge in [-0.1, -0.05) is 24.3 Å². The van der Waals surface area contributed by atoms with Crippen LogP contribution in [0.3, 0.4) is 0 Å². The van der Waals surface area contributed by atoms with Crippen molar-refractivity contribution in [1.82, 2.24) is 0 Å². The van der Waals surface area contributed by atoms with Gasteiger partial charge in [-0.3, -0.25) is 4.79 Å². The molecule has 0 amide bonds. The summed E-state index contributed by atoms with van der Waals surface area (Å²) in [7, 11) is 0. The van der Waals surface area contributed by atoms with Crippen molar-refractivity contribution in [2.24, 2.45) is 4.99 Å². The Balaban J connectivity index is 0.000000177. The third-order valence-electron chi connectivity index (χ3n) is 2.80. The lowest BCUT2D eigenvalue weighted by molar-refractivity contribution is -0.134. The quantitative estimate of drug-likeness (QED) is 0.746. The molecule has 1 aromatic rings. The number of carbonyl (C=O) groups excluding carboxylic acids is 1. The number of fused-ring (bicyclic) bond motifs is 2. The molecule has 6 heteroatoms. The van der Waals surface area contributed by atoms with Crippen LogP contribution >= 0.6 is 0 Å². The number of nitrogens with zero attached hydrogens (tertiary/aromatic N) is 1. The SMILES string of the molecule is O=C(O)/C=C\C(=O)O.O=C1CC=C2N=c3ccccc3=C12. The fourth-order valence-corrected chi connectivity index (χ4v) is 1.98. The van der Waals surface area contributed by atoms with E-state index in [1.807, 2.05) is 30.3 Å². The van der Waals surface area contributed by atoms with E-state index < -0.39 is 11.9 Å². The second-order valence-corrected chi connectivity index (χ2v) is 4.23. The molecule has 1 aliphatic heterocycles. The van der Waals surface area contributed by atoms with Crippen molar-refractivity contribution in [2.75, 3.05) is 0 Å². The Kier molecular flexibility index (Phi) is 4.08. The summed E-state index contributed by atoms with van der Waals surface area (Å²) in [6.07, 6.45) is 3.53. The van der Waals surface area contributed by atoms with Gasteiger partial charge in [0.15, 0.2) is 5.78 Å². The van der Waals surface area contributed by atoms with Gasteiger partial charge in [0.05, 0.1) is 16.6 Å². The van der Waals surface area contributed by atoms with Gasteiger partial charge >= 0.3 is 11.9 Å². The molecule has 0 spiro atoms. The van der Waals surface area contributed by atoms with Crippen LogP contribution in [-0.4, -0.2) is 27.9 Å². The second kappa shape index (κ2) is 5.96. The first kappa shape index (κ1) is 14.4. The van der Waals surface area contributed by atoms with Crippen molar-refractivity contribution < 1.29 is 24.6 Å². The number of carbonyl (C=O) groups is 3. The summed E-state index contributed by atoms with van der Waals surface area (Å²) < 4.78 is 0. The van der Waals surface area contributed by atoms with Crippen molar-refractivity contribution in [1.29, 1.82) is 0 Å². The Morgan fingerprint density at radius 1 is 1.10 bits per heavy atom. The molecule has 0 saturated heterocycles. The molecule has 0 radical (unpaired) electrons. The van der Waals surface area contributed by atoms with E-state index in [-0.39, 0.29) is 5.78 Å². The lowest BCUT2D eigenvalue weighted by Gasteiger charge is -1.89. The van der Waals surface area contributed by atoms with Crippen LogP contribution in [0.1, 0.15) is 6.42 Å². The number of benzene rings is 1. The van der Waals surface area contributed by atoms with E-state index in [0.29, 0.717) is 18.6 Å². The number of Topliss-reactive ketones (excluding diaryl/α,β-unsaturated/α-hetero) is 1. The van der Waals surface area contributed by atoms with E-state index in [4.69, 9.17) is 10.2 Å². The minimum Gasteiger partial charge on any atom is -0.478 e. The molecule has 2 aliphatic rings. The number of para-hydroxylation sites is 1. The van der Waals surface area contributed by atoms with Crippen LogP contribution in [0.15, 0.2) is 53.2 Å². The number of ketones is 1. The average molecular weight is 285 g/mol. The van der Waals surface area contributed by atoms with Crippen molar-refractivity contribution in [3.8, 4) is 0 Å². The molecule has 1 aliphatic carbocycles. The summed E-state index contributed by atoms with van der Waals surface area (Å²) in [5.74, 6) is -2.32. The highest BCUT2D eigenvalue weighted by atomic mass is 16.4. The van der Waals surface area contributed by atoms with Crippen LogP contribution in [-0.2, 0) is 14.4 Å². The zero-order valence-corrected chi connectivity index (χ0v) is 10.8. The first-order valence-electron chi connectivity index (χ1n) is 6.05. The minimum atomic E-state index is -1.26. The lowest BCUT2D eigenvalue weighted by atomic mass is 10.1. The first-order chi connectivity index (χ1) is 9.99. The molecule has 21 heavy (non-hydrogen) atoms. The molecule has 0 fully saturated rings. The third kappa shape index (κ3) is 3.30. The number of carboxylic acids is 2. The van der Waals surface area contributed by atoms with E-state index in [2.05, 4.69) is 4.99 Å². The van der Waals surface area contributed by atoms with Crippen LogP contribution in [0.4, 0.5) is 0 Å². The van der Waals surface area contributed by atoms with Crippen LogP contribution in [0.2, 0.25) is 0 Å². The summed E-state index contributed by atoms with van der Waals surface area (Å²) in [5, 5.41) is 17.5. The standard InChI is InChI=1S/C11H7NO.C4H4O4/c13-10-6-5-9-11(10)7-3-1-2-4-8(7)12-9;5-3(6)1-2-4(7)8/h1-5H,6H2;1-2H,(H,5,6)(H,7,8)/b;2-1-. The summed E-state index contributed by atoms with van der Waals surface area (Å²) in [6.45, 7) is 0. The van der Waals surface area contributed by atoms with Gasteiger partial charge < -0.3 is 10.2 Å². The van der Waals surface area contributed by atoms with Gasteiger partial charge in [0.25, 0.3) is 0 Å². The molecule has 0 unspecified atom stereocenters. The van der Waals surface area contributed by atoms with Gasteiger partial charge in [-0.25, -0.2) is 14.6 Å². The van der Waals surface area contributed by atoms with E-state index in [1.54, 1.807) is 0 Å². The number of allylic oxidation sites excluding steroid dienone is 2. The zero-order chi connectivity index (χ0) is 15.4. The molecule has 1 aromatic carbocycles. The van der Waals surface area contributed by atoms with E-state index >= 15 is 0 Å². The summed E-state index contributed by atoms with van der Waals surface area (Å²) in [5.41, 5.74) is 1.68. The highest BCUT2D eigenvalue weighted by Gasteiger charge is 2.24. The van der Waals surface area contributed by atoms with Gasteiger partial charge in [0.1, 0.15) is 0 Å². The molecule has 0 saturated carbocycles. The number of aliphatic carboxylic acids is 2. The molecular weight excluding hydrogens is 274 g/mol. The molecule has 0 atom stereocenters. The summed E-state index contributed by atoms with van der Waals surface area (Å²) in [6, 6.07) is 7.78. The van der Waals surface area contributed by atoms with Gasteiger partial charge in [-0.05, 0) is 6.07 Å². The van der Waals surface area contributed by atoms with Crippen molar-refractivity contribution in [2.45, 2.75) is 6.42 Å². The van der Waals surface area contributed by atoms with Gasteiger partial charge in [0, 0.05) is 23.8 Å². The molecule has 0 bridgehead atoms. The van der Waals surface area contributed by atoms with Crippen LogP contribution < -0.4 is 10.6 Å². The highest BCUT2D eigenvalue weighted by Crippen LogP contribution is 2.23. The maximum atomic E-state index is 11.5. The van der Waals surface area contributed by atoms with Crippen LogP contribution in [0.5, 0.6) is 0 Å². The van der Waals surface area contributed by atoms with Gasteiger partial charge in [0.2, 0.25) is 0 Å². The molecule has 106 valence electrons. The molecule has 0 aromatic heterocycles. The average Bonchev–Trinajstić information content (AvgIpc) is 2.97. The van der Waals surface area contributed by atoms with Crippen molar-refractivity contribution in [3.05, 3.63) is 58.8 Å². The predicted octanol–water partition coefficient (Wildman–Crippen LogP) is 0.0390. The molecule has 3 rings (SSSR count). The van der Waals surface area contributed by atoms with Gasteiger partial charge in [-0.2, -0.15) is 0 Å². The number of rotatable bonds is 2. The smallest absolute Gasteiger partial charge is 0.328 e. The maximum Gasteiger partial charge on any atom is 0.328 e.